The Balaban J connectivity index is 4.23. The first-order valence-electron chi connectivity index (χ1n) is 16.8. The summed E-state index contributed by atoms with van der Waals surface area (Å²) in [5.41, 5.74) is 0. The highest BCUT2D eigenvalue weighted by Crippen LogP contribution is 2.12. The summed E-state index contributed by atoms with van der Waals surface area (Å²) in [4.78, 5) is 12.4. The molecule has 0 aromatic heterocycles. The van der Waals surface area contributed by atoms with Gasteiger partial charge in [-0.25, -0.2) is 0 Å². The SMILES string of the molecule is CCCCCC/C=C\CCC(O)C(=O)NC(CS(=O)(=O)O)C(O)/C=C/CC/C=C/CCCCCCCCCCCCC. The summed E-state index contributed by atoms with van der Waals surface area (Å²) in [7, 11) is -4.45. The monoisotopic (exact) mass is 613 g/mol. The molecule has 0 saturated heterocycles. The van der Waals surface area contributed by atoms with Crippen LogP contribution in [0, 0.1) is 0 Å². The van der Waals surface area contributed by atoms with Crippen molar-refractivity contribution in [2.45, 2.75) is 167 Å². The molecule has 0 aliphatic carbocycles. The van der Waals surface area contributed by atoms with Gasteiger partial charge < -0.3 is 15.5 Å². The molecule has 0 saturated carbocycles. The van der Waals surface area contributed by atoms with Gasteiger partial charge in [-0.2, -0.15) is 8.42 Å². The lowest BCUT2D eigenvalue weighted by Crippen LogP contribution is -2.50. The van der Waals surface area contributed by atoms with Gasteiger partial charge in [0.2, 0.25) is 5.91 Å². The maximum absolute atomic E-state index is 12.4. The van der Waals surface area contributed by atoms with E-state index in [0.717, 1.165) is 25.7 Å². The second kappa shape index (κ2) is 28.3. The Morgan fingerprint density at radius 3 is 1.60 bits per heavy atom. The predicted molar refractivity (Wildman–Crippen MR) is 176 cm³/mol. The van der Waals surface area contributed by atoms with Crippen LogP contribution in [-0.4, -0.2) is 53.1 Å². The van der Waals surface area contributed by atoms with Crippen molar-refractivity contribution in [1.82, 2.24) is 5.32 Å². The number of amides is 1. The zero-order chi connectivity index (χ0) is 31.3. The molecule has 0 fully saturated rings. The van der Waals surface area contributed by atoms with E-state index in [2.05, 4.69) is 31.3 Å². The Morgan fingerprint density at radius 1 is 0.643 bits per heavy atom. The largest absolute Gasteiger partial charge is 0.387 e. The molecule has 0 bridgehead atoms. The molecule has 0 rings (SSSR count). The molecule has 3 atom stereocenters. The highest BCUT2D eigenvalue weighted by atomic mass is 32.2. The molecule has 0 heterocycles. The molecule has 0 radical (unpaired) electrons. The van der Waals surface area contributed by atoms with Gasteiger partial charge in [0.15, 0.2) is 0 Å². The van der Waals surface area contributed by atoms with E-state index < -0.39 is 40.0 Å². The lowest BCUT2D eigenvalue weighted by Gasteiger charge is -2.22. The molecular formula is C34H63NO6S. The summed E-state index contributed by atoms with van der Waals surface area (Å²) in [6.45, 7) is 4.42. The minimum atomic E-state index is -4.45. The second-order valence-electron chi connectivity index (χ2n) is 11.6. The van der Waals surface area contributed by atoms with Crippen molar-refractivity contribution >= 4 is 16.0 Å². The Kier molecular flexibility index (Phi) is 27.3. The van der Waals surface area contributed by atoms with Crippen molar-refractivity contribution in [2.24, 2.45) is 0 Å². The third kappa shape index (κ3) is 27.4. The third-order valence-corrected chi connectivity index (χ3v) is 8.19. The van der Waals surface area contributed by atoms with Crippen LogP contribution in [-0.2, 0) is 14.9 Å². The smallest absolute Gasteiger partial charge is 0.267 e. The summed E-state index contributed by atoms with van der Waals surface area (Å²) in [5.74, 6) is -1.61. The van der Waals surface area contributed by atoms with E-state index in [4.69, 9.17) is 0 Å². The number of nitrogens with one attached hydrogen (secondary N) is 1. The number of hydrogen-bond acceptors (Lipinski definition) is 5. The van der Waals surface area contributed by atoms with E-state index in [1.165, 1.54) is 96.0 Å². The Morgan fingerprint density at radius 2 is 1.07 bits per heavy atom. The minimum absolute atomic E-state index is 0.188. The van der Waals surface area contributed by atoms with Crippen LogP contribution in [0.4, 0.5) is 0 Å². The molecule has 0 spiro atoms. The second-order valence-corrected chi connectivity index (χ2v) is 13.1. The van der Waals surface area contributed by atoms with Crippen LogP contribution in [0.1, 0.15) is 149 Å². The number of aliphatic hydroxyl groups excluding tert-OH is 2. The van der Waals surface area contributed by atoms with Crippen molar-refractivity contribution in [3.63, 3.8) is 0 Å². The quantitative estimate of drug-likeness (QED) is 0.0385. The molecule has 8 heteroatoms. The predicted octanol–water partition coefficient (Wildman–Crippen LogP) is 7.98. The van der Waals surface area contributed by atoms with Gasteiger partial charge >= 0.3 is 0 Å². The average molecular weight is 614 g/mol. The molecule has 0 aromatic rings. The number of carbonyl (C=O) groups is 1. The average Bonchev–Trinajstić information content (AvgIpc) is 2.94. The lowest BCUT2D eigenvalue weighted by atomic mass is 10.1. The van der Waals surface area contributed by atoms with Gasteiger partial charge in [0.25, 0.3) is 10.1 Å². The highest BCUT2D eigenvalue weighted by Gasteiger charge is 2.27. The van der Waals surface area contributed by atoms with E-state index >= 15 is 0 Å². The molecule has 0 aliphatic rings. The number of allylic oxidation sites excluding steroid dienone is 5. The fourth-order valence-electron chi connectivity index (χ4n) is 4.77. The van der Waals surface area contributed by atoms with Gasteiger partial charge in [-0.1, -0.05) is 134 Å². The molecule has 42 heavy (non-hydrogen) atoms. The lowest BCUT2D eigenvalue weighted by molar-refractivity contribution is -0.130. The third-order valence-electron chi connectivity index (χ3n) is 7.40. The zero-order valence-corrected chi connectivity index (χ0v) is 27.5. The zero-order valence-electron chi connectivity index (χ0n) is 26.7. The van der Waals surface area contributed by atoms with E-state index in [-0.39, 0.29) is 6.42 Å². The van der Waals surface area contributed by atoms with E-state index in [9.17, 15) is 28.0 Å². The Hall–Kier alpha value is -1.48. The number of aliphatic hydroxyl groups is 2. The normalized spacial score (nSPS) is 14.7. The molecule has 0 aromatic carbocycles. The molecule has 4 N–H and O–H groups in total. The standard InChI is InChI=1S/C34H63NO6S/c1-3-5-7-9-11-13-14-15-16-17-18-19-20-21-23-24-26-28-32(36)31(30-42(39,40)41)35-34(38)33(37)29-27-25-22-12-10-8-6-4-2/h20-22,25-26,28,31-33,36-37H,3-19,23-24,27,29-30H2,1-2H3,(H,35,38)(H,39,40,41)/b21-20+,25-22-,28-26+. The molecule has 0 aliphatic heterocycles. The van der Waals surface area contributed by atoms with Crippen molar-refractivity contribution < 1.29 is 28.0 Å². The van der Waals surface area contributed by atoms with Crippen LogP contribution in [0.5, 0.6) is 0 Å². The number of unbranched alkanes of at least 4 members (excludes halogenated alkanes) is 16. The molecule has 1 amide bonds. The maximum atomic E-state index is 12.4. The van der Waals surface area contributed by atoms with E-state index in [1.54, 1.807) is 6.08 Å². The van der Waals surface area contributed by atoms with Crippen molar-refractivity contribution in [3.8, 4) is 0 Å². The Bertz CT molecular complexity index is 824. The van der Waals surface area contributed by atoms with Gasteiger partial charge in [-0.15, -0.1) is 0 Å². The van der Waals surface area contributed by atoms with Crippen molar-refractivity contribution in [1.29, 1.82) is 0 Å². The minimum Gasteiger partial charge on any atom is -0.387 e. The summed E-state index contributed by atoms with van der Waals surface area (Å²) < 4.78 is 32.2. The van der Waals surface area contributed by atoms with Gasteiger partial charge in [0.05, 0.1) is 17.9 Å². The van der Waals surface area contributed by atoms with Gasteiger partial charge in [0, 0.05) is 0 Å². The number of hydrogen-bond donors (Lipinski definition) is 4. The fraction of sp³-hybridized carbons (Fsp3) is 0.794. The van der Waals surface area contributed by atoms with Crippen molar-refractivity contribution in [3.05, 3.63) is 36.5 Å². The summed E-state index contributed by atoms with van der Waals surface area (Å²) in [6.07, 6.45) is 32.3. The number of rotatable bonds is 29. The summed E-state index contributed by atoms with van der Waals surface area (Å²) >= 11 is 0. The molecule has 246 valence electrons. The van der Waals surface area contributed by atoms with E-state index in [0.29, 0.717) is 12.8 Å². The first-order valence-corrected chi connectivity index (χ1v) is 18.4. The van der Waals surface area contributed by atoms with Crippen LogP contribution in [0.15, 0.2) is 36.5 Å². The maximum Gasteiger partial charge on any atom is 0.267 e. The van der Waals surface area contributed by atoms with Crippen LogP contribution in [0.25, 0.3) is 0 Å². The number of carbonyl (C=O) groups excluding carboxylic acids is 1. The van der Waals surface area contributed by atoms with Gasteiger partial charge in [-0.05, 0) is 51.4 Å². The molecular weight excluding hydrogens is 550 g/mol. The van der Waals surface area contributed by atoms with Crippen molar-refractivity contribution in [2.75, 3.05) is 5.75 Å². The van der Waals surface area contributed by atoms with Crippen LogP contribution < -0.4 is 5.32 Å². The topological polar surface area (TPSA) is 124 Å². The van der Waals surface area contributed by atoms with Gasteiger partial charge in [0.1, 0.15) is 6.10 Å². The summed E-state index contributed by atoms with van der Waals surface area (Å²) in [5, 5.41) is 23.0. The van der Waals surface area contributed by atoms with Gasteiger partial charge in [-0.3, -0.25) is 9.35 Å². The van der Waals surface area contributed by atoms with E-state index in [1.807, 2.05) is 12.2 Å². The van der Waals surface area contributed by atoms with Crippen LogP contribution in [0.3, 0.4) is 0 Å². The first-order chi connectivity index (χ1) is 20.2. The molecule has 7 nitrogen and oxygen atoms in total. The fourth-order valence-corrected chi connectivity index (χ4v) is 5.50. The first kappa shape index (κ1) is 40.5. The summed E-state index contributed by atoms with van der Waals surface area (Å²) in [6, 6.07) is -1.26. The highest BCUT2D eigenvalue weighted by molar-refractivity contribution is 7.85. The Labute approximate surface area is 258 Å². The van der Waals surface area contributed by atoms with Crippen LogP contribution >= 0.6 is 0 Å². The molecule has 3 unspecified atom stereocenters. The van der Waals surface area contributed by atoms with Crippen LogP contribution in [0.2, 0.25) is 0 Å².